The first-order valence-electron chi connectivity index (χ1n) is 3.45. The summed E-state index contributed by atoms with van der Waals surface area (Å²) in [6, 6.07) is 0. The van der Waals surface area contributed by atoms with Gasteiger partial charge in [-0.2, -0.15) is 4.37 Å². The van der Waals surface area contributed by atoms with E-state index in [9.17, 15) is 0 Å². The molecule has 1 aromatic rings. The normalized spacial score (nSPS) is 12.0. The Morgan fingerprint density at radius 3 is 2.45 bits per heavy atom. The van der Waals surface area contributed by atoms with Crippen molar-refractivity contribution in [3.8, 4) is 0 Å². The third-order valence-electron chi connectivity index (χ3n) is 1.12. The summed E-state index contributed by atoms with van der Waals surface area (Å²) in [5, 5.41) is 1.10. The predicted molar refractivity (Wildman–Crippen MR) is 50.8 cm³/mol. The second-order valence-electron chi connectivity index (χ2n) is 3.69. The van der Waals surface area contributed by atoms with Gasteiger partial charge in [0.1, 0.15) is 5.01 Å². The molecule has 0 aliphatic carbocycles. The molecule has 1 heterocycles. The molecule has 4 heteroatoms. The average molecular weight is 235 g/mol. The van der Waals surface area contributed by atoms with Crippen LogP contribution in [0.2, 0.25) is 0 Å². The first-order valence-corrected chi connectivity index (χ1v) is 5.02. The second-order valence-corrected chi connectivity index (χ2v) is 5.24. The Kier molecular flexibility index (Phi) is 2.65. The summed E-state index contributed by atoms with van der Waals surface area (Å²) in [5.74, 6) is 0. The summed E-state index contributed by atoms with van der Waals surface area (Å²) in [6.07, 6.45) is 0.996. The van der Waals surface area contributed by atoms with E-state index in [1.165, 1.54) is 11.5 Å². The SMILES string of the molecule is CC(C)(C)Cc1nc(Br)ns1. The lowest BCUT2D eigenvalue weighted by Crippen LogP contribution is -2.08. The maximum Gasteiger partial charge on any atom is 0.209 e. The second kappa shape index (κ2) is 3.19. The molecule has 0 unspecified atom stereocenters. The molecule has 0 N–H and O–H groups in total. The Labute approximate surface area is 79.3 Å². The third-order valence-corrected chi connectivity index (χ3v) is 2.42. The van der Waals surface area contributed by atoms with Crippen molar-refractivity contribution in [2.75, 3.05) is 0 Å². The molecule has 0 atom stereocenters. The first-order chi connectivity index (χ1) is 4.97. The summed E-state index contributed by atoms with van der Waals surface area (Å²) in [4.78, 5) is 4.22. The summed E-state index contributed by atoms with van der Waals surface area (Å²) in [7, 11) is 0. The zero-order valence-corrected chi connectivity index (χ0v) is 9.29. The fraction of sp³-hybridized carbons (Fsp3) is 0.714. The Balaban J connectivity index is 2.65. The van der Waals surface area contributed by atoms with Crippen LogP contribution in [-0.4, -0.2) is 9.36 Å². The number of aromatic nitrogens is 2. The minimum atomic E-state index is 0.305. The van der Waals surface area contributed by atoms with Crippen LogP contribution in [0.5, 0.6) is 0 Å². The molecule has 0 spiro atoms. The molecular formula is C7H11BrN2S. The minimum absolute atomic E-state index is 0.305. The molecule has 1 rings (SSSR count). The molecule has 0 saturated carbocycles. The van der Waals surface area contributed by atoms with E-state index < -0.39 is 0 Å². The van der Waals surface area contributed by atoms with Crippen LogP contribution in [0.25, 0.3) is 0 Å². The van der Waals surface area contributed by atoms with Crippen LogP contribution in [0.3, 0.4) is 0 Å². The van der Waals surface area contributed by atoms with Gasteiger partial charge < -0.3 is 0 Å². The van der Waals surface area contributed by atoms with Gasteiger partial charge >= 0.3 is 0 Å². The van der Waals surface area contributed by atoms with Crippen LogP contribution < -0.4 is 0 Å². The summed E-state index contributed by atoms with van der Waals surface area (Å²) in [5.41, 5.74) is 0.305. The van der Waals surface area contributed by atoms with E-state index in [1.807, 2.05) is 0 Å². The van der Waals surface area contributed by atoms with Gasteiger partial charge in [-0.15, -0.1) is 0 Å². The van der Waals surface area contributed by atoms with Crippen LogP contribution in [0, 0.1) is 5.41 Å². The van der Waals surface area contributed by atoms with Gasteiger partial charge in [-0.3, -0.25) is 0 Å². The van der Waals surface area contributed by atoms with Gasteiger partial charge in [0.2, 0.25) is 4.73 Å². The Bertz CT molecular complexity index is 239. The van der Waals surface area contributed by atoms with E-state index in [-0.39, 0.29) is 0 Å². The Hall–Kier alpha value is 0.0400. The lowest BCUT2D eigenvalue weighted by atomic mass is 9.93. The van der Waals surface area contributed by atoms with Gasteiger partial charge in [0.25, 0.3) is 0 Å². The van der Waals surface area contributed by atoms with Crippen molar-refractivity contribution in [1.82, 2.24) is 9.36 Å². The summed E-state index contributed by atoms with van der Waals surface area (Å²) in [6.45, 7) is 6.59. The highest BCUT2D eigenvalue weighted by Crippen LogP contribution is 2.22. The van der Waals surface area contributed by atoms with Crippen molar-refractivity contribution < 1.29 is 0 Å². The lowest BCUT2D eigenvalue weighted by Gasteiger charge is -2.14. The van der Waals surface area contributed by atoms with Crippen LogP contribution in [0.15, 0.2) is 4.73 Å². The maximum absolute atomic E-state index is 4.22. The first kappa shape index (κ1) is 9.13. The van der Waals surface area contributed by atoms with E-state index >= 15 is 0 Å². The third kappa shape index (κ3) is 3.29. The molecule has 0 aliphatic heterocycles. The van der Waals surface area contributed by atoms with Crippen molar-refractivity contribution in [2.45, 2.75) is 27.2 Å². The van der Waals surface area contributed by atoms with Gasteiger partial charge in [0.05, 0.1) is 0 Å². The number of hydrogen-bond donors (Lipinski definition) is 0. The predicted octanol–water partition coefficient (Wildman–Crippen LogP) is 2.89. The van der Waals surface area contributed by atoms with E-state index in [2.05, 4.69) is 46.1 Å². The smallest absolute Gasteiger partial charge is 0.209 e. The highest BCUT2D eigenvalue weighted by atomic mass is 79.9. The molecule has 62 valence electrons. The number of halogens is 1. The van der Waals surface area contributed by atoms with Crippen molar-refractivity contribution in [1.29, 1.82) is 0 Å². The van der Waals surface area contributed by atoms with E-state index in [1.54, 1.807) is 0 Å². The summed E-state index contributed by atoms with van der Waals surface area (Å²) >= 11 is 4.70. The molecule has 2 nitrogen and oxygen atoms in total. The van der Waals surface area contributed by atoms with Crippen LogP contribution >= 0.6 is 27.5 Å². The number of rotatable bonds is 1. The van der Waals surface area contributed by atoms with Crippen LogP contribution in [0.1, 0.15) is 25.8 Å². The van der Waals surface area contributed by atoms with Crippen molar-refractivity contribution >= 4 is 27.5 Å². The highest BCUT2D eigenvalue weighted by molar-refractivity contribution is 9.10. The van der Waals surface area contributed by atoms with Gasteiger partial charge in [-0.1, -0.05) is 20.8 Å². The Morgan fingerprint density at radius 2 is 2.09 bits per heavy atom. The zero-order chi connectivity index (χ0) is 8.48. The lowest BCUT2D eigenvalue weighted by molar-refractivity contribution is 0.410. The molecule has 1 aromatic heterocycles. The number of hydrogen-bond acceptors (Lipinski definition) is 3. The fourth-order valence-electron chi connectivity index (χ4n) is 0.760. The molecule has 11 heavy (non-hydrogen) atoms. The molecule has 0 amide bonds. The van der Waals surface area contributed by atoms with E-state index in [4.69, 9.17) is 0 Å². The summed E-state index contributed by atoms with van der Waals surface area (Å²) < 4.78 is 4.76. The van der Waals surface area contributed by atoms with Gasteiger partial charge in [0, 0.05) is 6.42 Å². The van der Waals surface area contributed by atoms with Crippen LogP contribution in [-0.2, 0) is 6.42 Å². The van der Waals surface area contributed by atoms with Crippen molar-refractivity contribution in [2.24, 2.45) is 5.41 Å². The van der Waals surface area contributed by atoms with E-state index in [0.29, 0.717) is 10.1 Å². The van der Waals surface area contributed by atoms with Crippen LogP contribution in [0.4, 0.5) is 0 Å². The highest BCUT2D eigenvalue weighted by Gasteiger charge is 2.13. The fourth-order valence-corrected chi connectivity index (χ4v) is 2.15. The minimum Gasteiger partial charge on any atom is -0.214 e. The van der Waals surface area contributed by atoms with Crippen molar-refractivity contribution in [3.05, 3.63) is 9.74 Å². The van der Waals surface area contributed by atoms with Gasteiger partial charge in [-0.05, 0) is 32.9 Å². The molecule has 0 fully saturated rings. The van der Waals surface area contributed by atoms with E-state index in [0.717, 1.165) is 11.4 Å². The molecular weight excluding hydrogens is 224 g/mol. The van der Waals surface area contributed by atoms with Gasteiger partial charge in [-0.25, -0.2) is 4.98 Å². The molecule has 0 bridgehead atoms. The topological polar surface area (TPSA) is 25.8 Å². The standard InChI is InChI=1S/C7H11BrN2S/c1-7(2,3)4-5-9-6(8)10-11-5/h4H2,1-3H3. The quantitative estimate of drug-likeness (QED) is 0.747. The zero-order valence-electron chi connectivity index (χ0n) is 6.89. The molecule has 0 aliphatic rings. The Morgan fingerprint density at radius 1 is 1.45 bits per heavy atom. The van der Waals surface area contributed by atoms with Crippen molar-refractivity contribution in [3.63, 3.8) is 0 Å². The monoisotopic (exact) mass is 234 g/mol. The number of nitrogens with zero attached hydrogens (tertiary/aromatic N) is 2. The maximum atomic E-state index is 4.22. The molecule has 0 saturated heterocycles. The largest absolute Gasteiger partial charge is 0.214 e. The average Bonchev–Trinajstić information content (AvgIpc) is 2.10. The van der Waals surface area contributed by atoms with Gasteiger partial charge in [0.15, 0.2) is 0 Å². The molecule has 0 aromatic carbocycles. The molecule has 0 radical (unpaired) electrons.